The maximum Gasteiger partial charge on any atom is 0.0654 e. The first kappa shape index (κ1) is 8.75. The van der Waals surface area contributed by atoms with Crippen LogP contribution < -0.4 is 0 Å². The molecule has 0 aliphatic rings. The van der Waals surface area contributed by atoms with Crippen LogP contribution in [0.4, 0.5) is 0 Å². The number of hydrogen-bond acceptors (Lipinski definition) is 1. The fourth-order valence-electron chi connectivity index (χ4n) is 1.35. The van der Waals surface area contributed by atoms with E-state index in [9.17, 15) is 0 Å². The molecule has 1 N–H and O–H groups in total. The normalized spacial score (nSPS) is 11.4. The fraction of sp³-hybridized carbons (Fsp3) is 0.300. The van der Waals surface area contributed by atoms with Crippen molar-refractivity contribution < 1.29 is 0 Å². The molecule has 0 amide bonds. The van der Waals surface area contributed by atoms with Crippen LogP contribution in [0.5, 0.6) is 0 Å². The first-order valence-corrected chi connectivity index (χ1v) is 5.10. The number of pyridine rings is 1. The van der Waals surface area contributed by atoms with Gasteiger partial charge in [-0.05, 0) is 27.9 Å². The third kappa shape index (κ3) is 1.48. The summed E-state index contributed by atoms with van der Waals surface area (Å²) in [5.74, 6) is 0.527. The average Bonchev–Trinajstić information content (AvgIpc) is 2.49. The van der Waals surface area contributed by atoms with Gasteiger partial charge in [0.2, 0.25) is 0 Å². The highest BCUT2D eigenvalue weighted by Crippen LogP contribution is 2.26. The zero-order valence-corrected chi connectivity index (χ0v) is 9.22. The van der Waals surface area contributed by atoms with Crippen LogP contribution in [0, 0.1) is 0 Å². The summed E-state index contributed by atoms with van der Waals surface area (Å²) in [6, 6.07) is 2.17. The fourth-order valence-corrected chi connectivity index (χ4v) is 1.80. The predicted octanol–water partition coefficient (Wildman–Crippen LogP) is 3.45. The van der Waals surface area contributed by atoms with E-state index in [1.54, 1.807) is 0 Å². The molecule has 0 fully saturated rings. The van der Waals surface area contributed by atoms with E-state index < -0.39 is 0 Å². The highest BCUT2D eigenvalue weighted by Gasteiger charge is 2.06. The predicted molar refractivity (Wildman–Crippen MR) is 57.9 cm³/mol. The molecule has 2 nitrogen and oxygen atoms in total. The first-order chi connectivity index (χ1) is 6.18. The van der Waals surface area contributed by atoms with E-state index in [0.717, 1.165) is 9.99 Å². The van der Waals surface area contributed by atoms with Gasteiger partial charge in [0.25, 0.3) is 0 Å². The van der Waals surface area contributed by atoms with E-state index in [1.165, 1.54) is 11.1 Å². The maximum absolute atomic E-state index is 4.11. The molecule has 0 radical (unpaired) electrons. The molecule has 0 aromatic carbocycles. The second-order valence-electron chi connectivity index (χ2n) is 3.46. The van der Waals surface area contributed by atoms with Crippen LogP contribution in [-0.2, 0) is 0 Å². The minimum atomic E-state index is 0.527. The summed E-state index contributed by atoms with van der Waals surface area (Å²) in [6.07, 6.45) is 3.67. The molecule has 2 aromatic rings. The number of fused-ring (bicyclic) bond motifs is 1. The largest absolute Gasteiger partial charge is 0.357 e. The lowest BCUT2D eigenvalue weighted by Crippen LogP contribution is -1.84. The minimum absolute atomic E-state index is 0.527. The van der Waals surface area contributed by atoms with Gasteiger partial charge in [0.05, 0.1) is 11.7 Å². The molecule has 68 valence electrons. The number of nitrogens with one attached hydrogen (secondary N) is 1. The molecule has 2 aromatic heterocycles. The van der Waals surface area contributed by atoms with Gasteiger partial charge in [0, 0.05) is 21.7 Å². The Labute approximate surface area is 85.5 Å². The third-order valence-corrected chi connectivity index (χ3v) is 2.77. The topological polar surface area (TPSA) is 28.7 Å². The summed E-state index contributed by atoms with van der Waals surface area (Å²) < 4.78 is 1.05. The molecule has 3 heteroatoms. The van der Waals surface area contributed by atoms with Gasteiger partial charge in [0.15, 0.2) is 0 Å². The van der Waals surface area contributed by atoms with Crippen molar-refractivity contribution in [3.63, 3.8) is 0 Å². The Hall–Kier alpha value is -0.830. The molecule has 0 aliphatic heterocycles. The summed E-state index contributed by atoms with van der Waals surface area (Å²) in [7, 11) is 0. The van der Waals surface area contributed by atoms with Crippen molar-refractivity contribution in [2.75, 3.05) is 0 Å². The number of nitrogens with zero attached hydrogens (tertiary/aromatic N) is 1. The molecule has 0 unspecified atom stereocenters. The van der Waals surface area contributed by atoms with Crippen LogP contribution in [0.2, 0.25) is 0 Å². The standard InChI is InChI=1S/C10H11BrN2/c1-6(2)9-3-7-8(11)4-12-5-10(7)13-9/h3-6,13H,1-2H3. The Morgan fingerprint density at radius 2 is 2.15 bits per heavy atom. The van der Waals surface area contributed by atoms with E-state index in [0.29, 0.717) is 5.92 Å². The molecule has 2 heterocycles. The van der Waals surface area contributed by atoms with Crippen LogP contribution in [0.3, 0.4) is 0 Å². The summed E-state index contributed by atoms with van der Waals surface area (Å²) in [5.41, 5.74) is 2.35. The van der Waals surface area contributed by atoms with Gasteiger partial charge in [0.1, 0.15) is 0 Å². The van der Waals surface area contributed by atoms with Crippen molar-refractivity contribution in [3.8, 4) is 0 Å². The van der Waals surface area contributed by atoms with Gasteiger partial charge in [-0.2, -0.15) is 0 Å². The molecular formula is C10H11BrN2. The molecular weight excluding hydrogens is 228 g/mol. The number of H-pyrrole nitrogens is 1. The first-order valence-electron chi connectivity index (χ1n) is 4.30. The van der Waals surface area contributed by atoms with Crippen molar-refractivity contribution in [1.82, 2.24) is 9.97 Å². The molecule has 2 rings (SSSR count). The van der Waals surface area contributed by atoms with Crippen LogP contribution >= 0.6 is 15.9 Å². The third-order valence-electron chi connectivity index (χ3n) is 2.14. The van der Waals surface area contributed by atoms with Gasteiger partial charge in [-0.3, -0.25) is 4.98 Å². The monoisotopic (exact) mass is 238 g/mol. The lowest BCUT2D eigenvalue weighted by molar-refractivity contribution is 0.836. The van der Waals surface area contributed by atoms with Crippen LogP contribution in [0.25, 0.3) is 10.9 Å². The van der Waals surface area contributed by atoms with E-state index in [-0.39, 0.29) is 0 Å². The van der Waals surface area contributed by atoms with Gasteiger partial charge in [-0.1, -0.05) is 13.8 Å². The molecule has 0 saturated carbocycles. The quantitative estimate of drug-likeness (QED) is 0.811. The smallest absolute Gasteiger partial charge is 0.0654 e. The number of rotatable bonds is 1. The van der Waals surface area contributed by atoms with E-state index in [1.807, 2.05) is 12.4 Å². The van der Waals surface area contributed by atoms with Crippen molar-refractivity contribution in [3.05, 3.63) is 28.6 Å². The van der Waals surface area contributed by atoms with Crippen LogP contribution in [0.15, 0.2) is 22.9 Å². The highest BCUT2D eigenvalue weighted by atomic mass is 79.9. The van der Waals surface area contributed by atoms with E-state index in [4.69, 9.17) is 0 Å². The molecule has 0 aliphatic carbocycles. The summed E-state index contributed by atoms with van der Waals surface area (Å²) in [6.45, 7) is 4.35. The van der Waals surface area contributed by atoms with Crippen molar-refractivity contribution in [2.45, 2.75) is 19.8 Å². The minimum Gasteiger partial charge on any atom is -0.357 e. The number of halogens is 1. The molecule has 0 saturated heterocycles. The Morgan fingerprint density at radius 1 is 1.38 bits per heavy atom. The van der Waals surface area contributed by atoms with Gasteiger partial charge in [-0.15, -0.1) is 0 Å². The average molecular weight is 239 g/mol. The lowest BCUT2D eigenvalue weighted by Gasteiger charge is -1.97. The number of hydrogen-bond donors (Lipinski definition) is 1. The molecule has 0 atom stereocenters. The summed E-state index contributed by atoms with van der Waals surface area (Å²) in [5, 5.41) is 1.21. The lowest BCUT2D eigenvalue weighted by atomic mass is 10.1. The summed E-state index contributed by atoms with van der Waals surface area (Å²) >= 11 is 3.48. The number of aromatic amines is 1. The number of aromatic nitrogens is 2. The summed E-state index contributed by atoms with van der Waals surface area (Å²) in [4.78, 5) is 7.45. The molecule has 0 bridgehead atoms. The Balaban J connectivity index is 2.68. The SMILES string of the molecule is CC(C)c1cc2c(Br)cncc2[nH]1. The highest BCUT2D eigenvalue weighted by molar-refractivity contribution is 9.10. The second-order valence-corrected chi connectivity index (χ2v) is 4.32. The Morgan fingerprint density at radius 3 is 2.77 bits per heavy atom. The zero-order valence-electron chi connectivity index (χ0n) is 7.63. The van der Waals surface area contributed by atoms with Crippen molar-refractivity contribution in [2.24, 2.45) is 0 Å². The maximum atomic E-state index is 4.11. The van der Waals surface area contributed by atoms with Gasteiger partial charge >= 0.3 is 0 Å². The van der Waals surface area contributed by atoms with Crippen LogP contribution in [0.1, 0.15) is 25.5 Å². The Kier molecular flexibility index (Phi) is 2.12. The zero-order chi connectivity index (χ0) is 9.42. The van der Waals surface area contributed by atoms with Gasteiger partial charge in [-0.25, -0.2) is 0 Å². The second kappa shape index (κ2) is 3.14. The van der Waals surface area contributed by atoms with Gasteiger partial charge < -0.3 is 4.98 Å². The van der Waals surface area contributed by atoms with Crippen molar-refractivity contribution >= 4 is 26.8 Å². The molecule has 0 spiro atoms. The van der Waals surface area contributed by atoms with Crippen LogP contribution in [-0.4, -0.2) is 9.97 Å². The van der Waals surface area contributed by atoms with E-state index in [2.05, 4.69) is 45.8 Å². The molecule has 13 heavy (non-hydrogen) atoms. The Bertz CT molecular complexity index is 431. The van der Waals surface area contributed by atoms with E-state index >= 15 is 0 Å². The van der Waals surface area contributed by atoms with Crippen molar-refractivity contribution in [1.29, 1.82) is 0 Å².